The van der Waals surface area contributed by atoms with Crippen molar-refractivity contribution < 1.29 is 0 Å². The van der Waals surface area contributed by atoms with Gasteiger partial charge in [0.2, 0.25) is 0 Å². The predicted octanol–water partition coefficient (Wildman–Crippen LogP) is 4.67. The lowest BCUT2D eigenvalue weighted by molar-refractivity contribution is 0.376. The first-order valence-electron chi connectivity index (χ1n) is 6.55. The highest BCUT2D eigenvalue weighted by molar-refractivity contribution is 5.28. The van der Waals surface area contributed by atoms with E-state index in [-0.39, 0.29) is 5.41 Å². The summed E-state index contributed by atoms with van der Waals surface area (Å²) < 4.78 is 0. The minimum atomic E-state index is 0.195. The Kier molecular flexibility index (Phi) is 4.01. The van der Waals surface area contributed by atoms with E-state index in [4.69, 9.17) is 0 Å². The fourth-order valence-electron chi connectivity index (χ4n) is 1.77. The summed E-state index contributed by atoms with van der Waals surface area (Å²) in [5.74, 6) is 0. The van der Waals surface area contributed by atoms with Crippen LogP contribution in [-0.4, -0.2) is 4.98 Å². The Morgan fingerprint density at radius 2 is 1.65 bits per heavy atom. The van der Waals surface area contributed by atoms with E-state index < -0.39 is 0 Å². The minimum Gasteiger partial charge on any atom is -0.261 e. The smallest absolute Gasteiger partial charge is 0.0433 e. The van der Waals surface area contributed by atoms with Crippen molar-refractivity contribution in [2.45, 2.75) is 66.7 Å². The van der Waals surface area contributed by atoms with Gasteiger partial charge in [0.1, 0.15) is 0 Å². The molecule has 0 amide bonds. The summed E-state index contributed by atoms with van der Waals surface area (Å²) in [6, 6.07) is 2.30. The van der Waals surface area contributed by atoms with Crippen LogP contribution in [0.3, 0.4) is 0 Å². The van der Waals surface area contributed by atoms with Crippen LogP contribution in [0.25, 0.3) is 0 Å². The van der Waals surface area contributed by atoms with Gasteiger partial charge in [0.05, 0.1) is 0 Å². The maximum Gasteiger partial charge on any atom is 0.0433 e. The van der Waals surface area contributed by atoms with Crippen molar-refractivity contribution in [3.63, 3.8) is 0 Å². The molecule has 0 aliphatic rings. The van der Waals surface area contributed by atoms with Crippen LogP contribution in [0.4, 0.5) is 0 Å². The van der Waals surface area contributed by atoms with Crippen molar-refractivity contribution in [1.29, 1.82) is 0 Å². The molecule has 1 rings (SSSR count). The van der Waals surface area contributed by atoms with E-state index in [2.05, 4.69) is 59.5 Å². The van der Waals surface area contributed by atoms with E-state index in [9.17, 15) is 0 Å². The number of aromatic nitrogens is 1. The highest BCUT2D eigenvalue weighted by Gasteiger charge is 2.16. The number of hydrogen-bond acceptors (Lipinski definition) is 1. The Hall–Kier alpha value is -0.850. The molecule has 0 saturated carbocycles. The van der Waals surface area contributed by atoms with Crippen molar-refractivity contribution >= 4 is 0 Å². The molecule has 0 fully saturated rings. The third kappa shape index (κ3) is 4.49. The molecule has 1 aromatic rings. The van der Waals surface area contributed by atoms with E-state index in [0.717, 1.165) is 6.42 Å². The lowest BCUT2D eigenvalue weighted by Crippen LogP contribution is -2.13. The number of aryl methyl sites for hydroxylation is 2. The summed E-state index contributed by atoms with van der Waals surface area (Å²) >= 11 is 0. The fourth-order valence-corrected chi connectivity index (χ4v) is 1.77. The maximum atomic E-state index is 4.65. The number of nitrogens with zero attached hydrogens (tertiary/aromatic N) is 1. The summed E-state index contributed by atoms with van der Waals surface area (Å²) in [5, 5.41) is 0. The van der Waals surface area contributed by atoms with Crippen molar-refractivity contribution in [2.75, 3.05) is 0 Å². The van der Waals surface area contributed by atoms with Crippen molar-refractivity contribution in [1.82, 2.24) is 4.98 Å². The topological polar surface area (TPSA) is 12.9 Å². The standard InChI is InChI=1S/C16H27N/c1-12-10-13(16(5,6)7)11-17-14(12)8-9-15(2,3)4/h10-11H,8-9H2,1-7H3. The Bertz CT molecular complexity index is 377. The van der Waals surface area contributed by atoms with Crippen LogP contribution in [0.2, 0.25) is 0 Å². The van der Waals surface area contributed by atoms with Crippen LogP contribution < -0.4 is 0 Å². The van der Waals surface area contributed by atoms with Gasteiger partial charge in [-0.3, -0.25) is 4.98 Å². The molecule has 96 valence electrons. The van der Waals surface area contributed by atoms with Gasteiger partial charge in [0, 0.05) is 11.9 Å². The quantitative estimate of drug-likeness (QED) is 0.723. The molecular weight excluding hydrogens is 206 g/mol. The van der Waals surface area contributed by atoms with E-state index in [1.165, 1.54) is 23.2 Å². The Balaban J connectivity index is 2.84. The molecule has 0 aliphatic heterocycles. The predicted molar refractivity (Wildman–Crippen MR) is 75.5 cm³/mol. The molecule has 0 atom stereocenters. The summed E-state index contributed by atoms with van der Waals surface area (Å²) in [4.78, 5) is 4.65. The summed E-state index contributed by atoms with van der Waals surface area (Å²) in [6.07, 6.45) is 4.32. The molecule has 1 aromatic heterocycles. The van der Waals surface area contributed by atoms with Crippen molar-refractivity contribution in [3.8, 4) is 0 Å². The van der Waals surface area contributed by atoms with E-state index in [1.807, 2.05) is 6.20 Å². The van der Waals surface area contributed by atoms with Gasteiger partial charge < -0.3 is 0 Å². The van der Waals surface area contributed by atoms with Gasteiger partial charge >= 0.3 is 0 Å². The van der Waals surface area contributed by atoms with Crippen molar-refractivity contribution in [2.24, 2.45) is 5.41 Å². The molecule has 0 radical (unpaired) electrons. The maximum absolute atomic E-state index is 4.65. The molecule has 0 N–H and O–H groups in total. The highest BCUT2D eigenvalue weighted by Crippen LogP contribution is 2.25. The first-order chi connectivity index (χ1) is 7.59. The van der Waals surface area contributed by atoms with Crippen LogP contribution in [0.15, 0.2) is 12.3 Å². The molecule has 0 saturated heterocycles. The first kappa shape index (κ1) is 14.2. The van der Waals surface area contributed by atoms with Gasteiger partial charge in [-0.2, -0.15) is 0 Å². The largest absolute Gasteiger partial charge is 0.261 e. The van der Waals surface area contributed by atoms with E-state index in [0.29, 0.717) is 5.41 Å². The fraction of sp³-hybridized carbons (Fsp3) is 0.688. The molecule has 1 nitrogen and oxygen atoms in total. The van der Waals surface area contributed by atoms with Crippen LogP contribution in [-0.2, 0) is 11.8 Å². The van der Waals surface area contributed by atoms with Gasteiger partial charge in [-0.1, -0.05) is 47.6 Å². The third-order valence-corrected chi connectivity index (χ3v) is 3.16. The third-order valence-electron chi connectivity index (χ3n) is 3.16. The monoisotopic (exact) mass is 233 g/mol. The molecular formula is C16H27N. The lowest BCUT2D eigenvalue weighted by atomic mass is 9.86. The zero-order chi connectivity index (χ0) is 13.3. The molecule has 0 spiro atoms. The van der Waals surface area contributed by atoms with Crippen LogP contribution in [0.5, 0.6) is 0 Å². The average Bonchev–Trinajstić information content (AvgIpc) is 2.12. The second-order valence-corrected chi connectivity index (χ2v) is 7.30. The Morgan fingerprint density at radius 3 is 2.06 bits per heavy atom. The summed E-state index contributed by atoms with van der Waals surface area (Å²) in [5.41, 5.74) is 4.50. The van der Waals surface area contributed by atoms with Crippen LogP contribution >= 0.6 is 0 Å². The van der Waals surface area contributed by atoms with Crippen LogP contribution in [0, 0.1) is 12.3 Å². The highest BCUT2D eigenvalue weighted by atomic mass is 14.7. The molecule has 0 aromatic carbocycles. The Morgan fingerprint density at radius 1 is 1.06 bits per heavy atom. The van der Waals surface area contributed by atoms with Crippen LogP contribution in [0.1, 0.15) is 64.8 Å². The van der Waals surface area contributed by atoms with Gasteiger partial charge in [-0.25, -0.2) is 0 Å². The Labute approximate surface area is 107 Å². The summed E-state index contributed by atoms with van der Waals surface area (Å²) in [7, 11) is 0. The van der Waals surface area contributed by atoms with Crippen molar-refractivity contribution in [3.05, 3.63) is 29.1 Å². The zero-order valence-electron chi connectivity index (χ0n) is 12.5. The van der Waals surface area contributed by atoms with E-state index >= 15 is 0 Å². The molecule has 0 aliphatic carbocycles. The SMILES string of the molecule is Cc1cc(C(C)(C)C)cnc1CCC(C)(C)C. The molecule has 1 heterocycles. The molecule has 17 heavy (non-hydrogen) atoms. The second-order valence-electron chi connectivity index (χ2n) is 7.30. The van der Waals surface area contributed by atoms with Gasteiger partial charge in [0.25, 0.3) is 0 Å². The van der Waals surface area contributed by atoms with Gasteiger partial charge in [-0.05, 0) is 41.7 Å². The minimum absolute atomic E-state index is 0.195. The second kappa shape index (κ2) is 4.80. The lowest BCUT2D eigenvalue weighted by Gasteiger charge is -2.21. The molecule has 0 bridgehead atoms. The first-order valence-corrected chi connectivity index (χ1v) is 6.55. The molecule has 0 unspecified atom stereocenters. The normalized spacial score (nSPS) is 12.9. The van der Waals surface area contributed by atoms with Gasteiger partial charge in [0.15, 0.2) is 0 Å². The number of pyridine rings is 1. The van der Waals surface area contributed by atoms with E-state index in [1.54, 1.807) is 0 Å². The average molecular weight is 233 g/mol. The summed E-state index contributed by atoms with van der Waals surface area (Å²) in [6.45, 7) is 15.7. The number of rotatable bonds is 2. The zero-order valence-corrected chi connectivity index (χ0v) is 12.5. The molecule has 1 heteroatoms. The number of hydrogen-bond donors (Lipinski definition) is 0. The van der Waals surface area contributed by atoms with Gasteiger partial charge in [-0.15, -0.1) is 0 Å².